The van der Waals surface area contributed by atoms with Crippen LogP contribution in [0.2, 0.25) is 5.02 Å². The highest BCUT2D eigenvalue weighted by Crippen LogP contribution is 2.49. The molecule has 176 valence electrons. The Morgan fingerprint density at radius 2 is 1.81 bits per heavy atom. The van der Waals surface area contributed by atoms with E-state index in [0.29, 0.717) is 29.7 Å². The minimum Gasteiger partial charge on any atom is -0.455 e. The zero-order valence-corrected chi connectivity index (χ0v) is 19.9. The fourth-order valence-electron chi connectivity index (χ4n) is 5.65. The quantitative estimate of drug-likeness (QED) is 0.602. The van der Waals surface area contributed by atoms with E-state index in [0.717, 1.165) is 5.92 Å². The number of halogens is 1. The lowest BCUT2D eigenvalue weighted by molar-refractivity contribution is -0.154. The van der Waals surface area contributed by atoms with Gasteiger partial charge in [-0.25, -0.2) is 8.42 Å². The number of esters is 1. The van der Waals surface area contributed by atoms with Gasteiger partial charge in [0.05, 0.1) is 10.8 Å². The van der Waals surface area contributed by atoms with E-state index in [-0.39, 0.29) is 36.5 Å². The van der Waals surface area contributed by atoms with Crippen LogP contribution in [-0.2, 0) is 24.3 Å². The second-order valence-electron chi connectivity index (χ2n) is 9.43. The van der Waals surface area contributed by atoms with Gasteiger partial charge in [0.15, 0.2) is 6.61 Å². The molecule has 32 heavy (non-hydrogen) atoms. The summed E-state index contributed by atoms with van der Waals surface area (Å²) in [6.45, 7) is 2.23. The van der Waals surface area contributed by atoms with Crippen LogP contribution in [0, 0.1) is 23.7 Å². The van der Waals surface area contributed by atoms with Crippen molar-refractivity contribution in [2.45, 2.75) is 56.4 Å². The first-order chi connectivity index (χ1) is 15.2. The number of nitrogens with one attached hydrogen (secondary N) is 1. The number of nitrogens with zero attached hydrogens (tertiary/aromatic N) is 1. The number of ether oxygens (including phenoxy) is 1. The van der Waals surface area contributed by atoms with Gasteiger partial charge in [-0.1, -0.05) is 18.0 Å². The molecule has 9 heteroatoms. The summed E-state index contributed by atoms with van der Waals surface area (Å²) < 4.78 is 32.2. The summed E-state index contributed by atoms with van der Waals surface area (Å²) in [5.41, 5.74) is 0. The molecule has 3 aliphatic rings. The van der Waals surface area contributed by atoms with Gasteiger partial charge < -0.3 is 10.1 Å². The Balaban J connectivity index is 1.20. The molecule has 3 fully saturated rings. The first-order valence-corrected chi connectivity index (χ1v) is 13.3. The van der Waals surface area contributed by atoms with E-state index in [1.807, 2.05) is 6.92 Å². The maximum absolute atomic E-state index is 12.8. The molecule has 2 saturated carbocycles. The number of piperidine rings is 1. The van der Waals surface area contributed by atoms with Gasteiger partial charge in [0, 0.05) is 24.2 Å². The largest absolute Gasteiger partial charge is 0.455 e. The third-order valence-electron chi connectivity index (χ3n) is 7.41. The van der Waals surface area contributed by atoms with Gasteiger partial charge in [-0.05, 0) is 81.0 Å². The number of sulfonamides is 1. The van der Waals surface area contributed by atoms with Crippen molar-refractivity contribution in [3.05, 3.63) is 29.3 Å². The van der Waals surface area contributed by atoms with Crippen molar-refractivity contribution in [3.8, 4) is 0 Å². The molecule has 1 N–H and O–H groups in total. The van der Waals surface area contributed by atoms with Gasteiger partial charge in [-0.15, -0.1) is 0 Å². The predicted octanol–water partition coefficient (Wildman–Crippen LogP) is 3.22. The van der Waals surface area contributed by atoms with E-state index in [2.05, 4.69) is 5.32 Å². The number of carbonyl (C=O) groups is 2. The van der Waals surface area contributed by atoms with E-state index < -0.39 is 21.9 Å². The van der Waals surface area contributed by atoms with Crippen molar-refractivity contribution in [2.24, 2.45) is 23.7 Å². The molecular formula is C23H31ClN2O5S. The molecule has 2 bridgehead atoms. The Morgan fingerprint density at radius 3 is 2.41 bits per heavy atom. The fourth-order valence-corrected chi connectivity index (χ4v) is 7.25. The lowest BCUT2D eigenvalue weighted by Gasteiger charge is -2.30. The molecule has 7 nitrogen and oxygen atoms in total. The summed E-state index contributed by atoms with van der Waals surface area (Å²) >= 11 is 5.84. The molecule has 1 heterocycles. The Hall–Kier alpha value is -1.64. The molecule has 1 aromatic rings. The smallest absolute Gasteiger partial charge is 0.309 e. The van der Waals surface area contributed by atoms with Crippen LogP contribution in [0.5, 0.6) is 0 Å². The van der Waals surface area contributed by atoms with E-state index >= 15 is 0 Å². The number of hydrogen-bond donors (Lipinski definition) is 1. The van der Waals surface area contributed by atoms with Gasteiger partial charge in [0.2, 0.25) is 10.0 Å². The summed E-state index contributed by atoms with van der Waals surface area (Å²) in [6, 6.07) is 6.14. The topological polar surface area (TPSA) is 92.8 Å². The van der Waals surface area contributed by atoms with Gasteiger partial charge in [-0.2, -0.15) is 4.31 Å². The minimum absolute atomic E-state index is 0.0952. The SMILES string of the molecule is CC(NC(=O)COC(=O)C1CCN(S(=O)(=O)c2ccc(Cl)cc2)CC1)C1CC2CCC1C2. The van der Waals surface area contributed by atoms with Crippen molar-refractivity contribution in [1.29, 1.82) is 0 Å². The fraction of sp³-hybridized carbons (Fsp3) is 0.652. The van der Waals surface area contributed by atoms with Crippen molar-refractivity contribution in [3.63, 3.8) is 0 Å². The molecule has 2 aliphatic carbocycles. The van der Waals surface area contributed by atoms with Gasteiger partial charge >= 0.3 is 5.97 Å². The summed E-state index contributed by atoms with van der Waals surface area (Å²) in [7, 11) is -3.62. The van der Waals surface area contributed by atoms with E-state index in [1.54, 1.807) is 12.1 Å². The van der Waals surface area contributed by atoms with Crippen molar-refractivity contribution in [1.82, 2.24) is 9.62 Å². The van der Waals surface area contributed by atoms with Crippen LogP contribution in [0.3, 0.4) is 0 Å². The molecule has 4 unspecified atom stereocenters. The number of fused-ring (bicyclic) bond motifs is 2. The summed E-state index contributed by atoms with van der Waals surface area (Å²) in [6.07, 6.45) is 5.79. The predicted molar refractivity (Wildman–Crippen MR) is 120 cm³/mol. The highest BCUT2D eigenvalue weighted by Gasteiger charge is 2.42. The number of rotatable bonds is 7. The highest BCUT2D eigenvalue weighted by atomic mass is 35.5. The van der Waals surface area contributed by atoms with E-state index in [4.69, 9.17) is 16.3 Å². The van der Waals surface area contributed by atoms with E-state index in [9.17, 15) is 18.0 Å². The Morgan fingerprint density at radius 1 is 1.12 bits per heavy atom. The third-order valence-corrected chi connectivity index (χ3v) is 9.57. The first-order valence-electron chi connectivity index (χ1n) is 11.5. The molecule has 1 aliphatic heterocycles. The average Bonchev–Trinajstić information content (AvgIpc) is 3.42. The maximum Gasteiger partial charge on any atom is 0.309 e. The summed E-state index contributed by atoms with van der Waals surface area (Å²) in [5.74, 6) is 0.958. The van der Waals surface area contributed by atoms with Crippen LogP contribution in [0.4, 0.5) is 0 Å². The van der Waals surface area contributed by atoms with Crippen LogP contribution in [0.1, 0.15) is 45.4 Å². The lowest BCUT2D eigenvalue weighted by atomic mass is 9.84. The Bertz CT molecular complexity index is 944. The number of benzene rings is 1. The second kappa shape index (κ2) is 9.69. The summed E-state index contributed by atoms with van der Waals surface area (Å²) in [4.78, 5) is 24.9. The normalized spacial score (nSPS) is 27.2. The van der Waals surface area contributed by atoms with Crippen molar-refractivity contribution >= 4 is 33.5 Å². The van der Waals surface area contributed by atoms with Crippen LogP contribution in [-0.4, -0.2) is 50.3 Å². The average molecular weight is 483 g/mol. The number of hydrogen-bond acceptors (Lipinski definition) is 5. The van der Waals surface area contributed by atoms with Crippen LogP contribution in [0.25, 0.3) is 0 Å². The monoisotopic (exact) mass is 482 g/mol. The lowest BCUT2D eigenvalue weighted by Crippen LogP contribution is -2.43. The van der Waals surface area contributed by atoms with Gasteiger partial charge in [-0.3, -0.25) is 9.59 Å². The molecule has 4 atom stereocenters. The summed E-state index contributed by atoms with van der Waals surface area (Å²) in [5, 5.41) is 3.47. The molecular weight excluding hydrogens is 452 g/mol. The molecule has 0 aromatic heterocycles. The number of carbonyl (C=O) groups excluding carboxylic acids is 2. The zero-order valence-electron chi connectivity index (χ0n) is 18.3. The highest BCUT2D eigenvalue weighted by molar-refractivity contribution is 7.89. The van der Waals surface area contributed by atoms with Crippen LogP contribution < -0.4 is 5.32 Å². The van der Waals surface area contributed by atoms with Crippen LogP contribution >= 0.6 is 11.6 Å². The first kappa shape index (κ1) is 23.5. The van der Waals surface area contributed by atoms with E-state index in [1.165, 1.54) is 42.1 Å². The van der Waals surface area contributed by atoms with Crippen LogP contribution in [0.15, 0.2) is 29.2 Å². The minimum atomic E-state index is -3.62. The molecule has 4 rings (SSSR count). The molecule has 0 radical (unpaired) electrons. The Labute approximate surface area is 194 Å². The molecule has 1 aromatic carbocycles. The third kappa shape index (κ3) is 5.13. The Kier molecular flexibility index (Phi) is 7.12. The van der Waals surface area contributed by atoms with Gasteiger partial charge in [0.1, 0.15) is 0 Å². The zero-order chi connectivity index (χ0) is 22.9. The molecule has 0 spiro atoms. The maximum atomic E-state index is 12.8. The van der Waals surface area contributed by atoms with Crippen molar-refractivity contribution in [2.75, 3.05) is 19.7 Å². The standard InChI is InChI=1S/C23H31ClN2O5S/c1-15(21-13-16-2-3-18(21)12-16)25-22(27)14-31-23(28)17-8-10-26(11-9-17)32(29,30)20-6-4-19(24)5-7-20/h4-7,15-18,21H,2-3,8-14H2,1H3,(H,25,27). The number of amides is 1. The van der Waals surface area contributed by atoms with Gasteiger partial charge in [0.25, 0.3) is 5.91 Å². The second-order valence-corrected chi connectivity index (χ2v) is 11.8. The molecule has 1 amide bonds. The van der Waals surface area contributed by atoms with Crippen molar-refractivity contribution < 1.29 is 22.7 Å². The molecule has 1 saturated heterocycles.